The maximum atomic E-state index is 11.3. The van der Waals surface area contributed by atoms with Gasteiger partial charge in [0, 0.05) is 19.0 Å². The zero-order valence-electron chi connectivity index (χ0n) is 10.6. The van der Waals surface area contributed by atoms with E-state index in [4.69, 9.17) is 17.0 Å². The van der Waals surface area contributed by atoms with Crippen molar-refractivity contribution >= 4 is 29.2 Å². The third-order valence-electron chi connectivity index (χ3n) is 3.53. The molecule has 0 aliphatic carbocycles. The molecule has 2 heterocycles. The fourth-order valence-corrected chi connectivity index (χ4v) is 2.89. The maximum absolute atomic E-state index is 11.3. The first-order valence-corrected chi connectivity index (χ1v) is 6.65. The molecule has 5 nitrogen and oxygen atoms in total. The number of hydrogen-bond acceptors (Lipinski definition) is 3. The van der Waals surface area contributed by atoms with Gasteiger partial charge in [-0.1, -0.05) is 0 Å². The number of nitrogens with zero attached hydrogens (tertiary/aromatic N) is 1. The normalized spacial score (nSPS) is 19.4. The molecule has 1 aromatic heterocycles. The van der Waals surface area contributed by atoms with Crippen LogP contribution in [0.3, 0.4) is 0 Å². The molecule has 2 aromatic rings. The van der Waals surface area contributed by atoms with Crippen LogP contribution in [0.25, 0.3) is 11.0 Å². The molecule has 0 saturated carbocycles. The first-order chi connectivity index (χ1) is 9.19. The molecule has 0 radical (unpaired) electrons. The van der Waals surface area contributed by atoms with E-state index in [-0.39, 0.29) is 11.9 Å². The van der Waals surface area contributed by atoms with Crippen molar-refractivity contribution in [3.8, 4) is 5.75 Å². The van der Waals surface area contributed by atoms with E-state index in [0.29, 0.717) is 17.7 Å². The number of hydrogen-bond donors (Lipinski definition) is 2. The highest BCUT2D eigenvalue weighted by Crippen LogP contribution is 2.26. The Kier molecular flexibility index (Phi) is 3.02. The van der Waals surface area contributed by atoms with Gasteiger partial charge in [-0.15, -0.1) is 0 Å². The molecule has 1 aliphatic rings. The lowest BCUT2D eigenvalue weighted by Gasteiger charge is -2.24. The minimum absolute atomic E-state index is 0.111. The van der Waals surface area contributed by atoms with Crippen LogP contribution in [-0.2, 0) is 4.79 Å². The molecule has 0 spiro atoms. The molecular formula is C13H15N3O2S. The van der Waals surface area contributed by atoms with Crippen molar-refractivity contribution in [3.05, 3.63) is 23.0 Å². The fraction of sp³-hybridized carbons (Fsp3) is 0.385. The van der Waals surface area contributed by atoms with Gasteiger partial charge in [-0.25, -0.2) is 0 Å². The first kappa shape index (κ1) is 12.2. The van der Waals surface area contributed by atoms with Crippen LogP contribution in [-0.4, -0.2) is 29.1 Å². The Balaban J connectivity index is 2.09. The predicted molar refractivity (Wildman–Crippen MR) is 75.0 cm³/mol. The number of carbonyl (C=O) groups excluding carboxylic acids is 1. The lowest BCUT2D eigenvalue weighted by Crippen LogP contribution is -2.36. The van der Waals surface area contributed by atoms with E-state index in [1.165, 1.54) is 0 Å². The zero-order chi connectivity index (χ0) is 13.4. The summed E-state index contributed by atoms with van der Waals surface area (Å²) in [6, 6.07) is 6.03. The lowest BCUT2D eigenvalue weighted by molar-refractivity contribution is -0.122. The van der Waals surface area contributed by atoms with E-state index in [9.17, 15) is 4.79 Å². The second-order valence-electron chi connectivity index (χ2n) is 4.68. The zero-order valence-corrected chi connectivity index (χ0v) is 11.4. The van der Waals surface area contributed by atoms with E-state index in [1.54, 1.807) is 7.11 Å². The van der Waals surface area contributed by atoms with Gasteiger partial charge in [0.1, 0.15) is 5.75 Å². The van der Waals surface area contributed by atoms with E-state index >= 15 is 0 Å². The summed E-state index contributed by atoms with van der Waals surface area (Å²) in [7, 11) is 1.65. The van der Waals surface area contributed by atoms with Crippen molar-refractivity contribution in [2.45, 2.75) is 18.9 Å². The second-order valence-corrected chi connectivity index (χ2v) is 5.07. The summed E-state index contributed by atoms with van der Waals surface area (Å²) in [6.45, 7) is 0.622. The number of methoxy groups -OCH3 is 1. The Hall–Kier alpha value is -1.82. The molecule has 3 rings (SSSR count). The summed E-state index contributed by atoms with van der Waals surface area (Å²) in [4.78, 5) is 14.4. The van der Waals surface area contributed by atoms with Crippen LogP contribution >= 0.6 is 12.2 Å². The monoisotopic (exact) mass is 277 g/mol. The summed E-state index contributed by atoms with van der Waals surface area (Å²) < 4.78 is 8.02. The van der Waals surface area contributed by atoms with Gasteiger partial charge in [-0.3, -0.25) is 4.79 Å². The Morgan fingerprint density at radius 1 is 1.47 bits per heavy atom. The predicted octanol–water partition coefficient (Wildman–Crippen LogP) is 2.16. The standard InChI is InChI=1S/C13H15N3O2S/c1-18-9-3-4-10-11(6-9)16(13(19)15-10)8-2-5-12(17)14-7-8/h3-4,6,8H,2,5,7H2,1H3,(H,14,17)(H,15,19). The molecule has 1 fully saturated rings. The number of aromatic nitrogens is 2. The molecule has 100 valence electrons. The molecule has 1 atom stereocenters. The number of H-pyrrole nitrogens is 1. The second kappa shape index (κ2) is 4.70. The van der Waals surface area contributed by atoms with Crippen LogP contribution in [0.4, 0.5) is 0 Å². The number of aromatic amines is 1. The Bertz CT molecular complexity index is 679. The Labute approximate surface area is 115 Å². The van der Waals surface area contributed by atoms with Crippen molar-refractivity contribution in [3.63, 3.8) is 0 Å². The van der Waals surface area contributed by atoms with Gasteiger partial charge in [0.15, 0.2) is 4.77 Å². The van der Waals surface area contributed by atoms with E-state index in [2.05, 4.69) is 14.9 Å². The van der Waals surface area contributed by atoms with Crippen molar-refractivity contribution in [1.29, 1.82) is 0 Å². The van der Waals surface area contributed by atoms with Crippen molar-refractivity contribution in [2.24, 2.45) is 0 Å². The minimum atomic E-state index is 0.111. The molecule has 1 aliphatic heterocycles. The third-order valence-corrected chi connectivity index (χ3v) is 3.83. The van der Waals surface area contributed by atoms with Crippen molar-refractivity contribution in [1.82, 2.24) is 14.9 Å². The largest absolute Gasteiger partial charge is 0.497 e. The van der Waals surface area contributed by atoms with Crippen LogP contribution in [0.2, 0.25) is 0 Å². The van der Waals surface area contributed by atoms with Gasteiger partial charge in [-0.05, 0) is 30.8 Å². The average molecular weight is 277 g/mol. The molecule has 6 heteroatoms. The van der Waals surface area contributed by atoms with Crippen LogP contribution in [0.1, 0.15) is 18.9 Å². The number of ether oxygens (including phenoxy) is 1. The summed E-state index contributed by atoms with van der Waals surface area (Å²) >= 11 is 5.40. The number of amides is 1. The maximum Gasteiger partial charge on any atom is 0.220 e. The van der Waals surface area contributed by atoms with Crippen molar-refractivity contribution in [2.75, 3.05) is 13.7 Å². The molecule has 2 N–H and O–H groups in total. The van der Waals surface area contributed by atoms with Gasteiger partial charge >= 0.3 is 0 Å². The number of nitrogens with one attached hydrogen (secondary N) is 2. The van der Waals surface area contributed by atoms with Gasteiger partial charge < -0.3 is 19.6 Å². The van der Waals surface area contributed by atoms with Crippen molar-refractivity contribution < 1.29 is 9.53 Å². The van der Waals surface area contributed by atoms with Gasteiger partial charge in [-0.2, -0.15) is 0 Å². The van der Waals surface area contributed by atoms with Gasteiger partial charge in [0.2, 0.25) is 5.91 Å². The first-order valence-electron chi connectivity index (χ1n) is 6.24. The SMILES string of the molecule is COc1ccc2[nH]c(=S)n(C3CCC(=O)NC3)c2c1. The molecule has 1 saturated heterocycles. The number of benzene rings is 1. The highest BCUT2D eigenvalue weighted by molar-refractivity contribution is 7.71. The molecule has 1 amide bonds. The molecule has 19 heavy (non-hydrogen) atoms. The molecular weight excluding hydrogens is 262 g/mol. The lowest BCUT2D eigenvalue weighted by atomic mass is 10.1. The smallest absolute Gasteiger partial charge is 0.220 e. The number of rotatable bonds is 2. The number of imidazole rings is 1. The number of fused-ring (bicyclic) bond motifs is 1. The van der Waals surface area contributed by atoms with Gasteiger partial charge in [0.05, 0.1) is 24.2 Å². The highest BCUT2D eigenvalue weighted by atomic mass is 32.1. The highest BCUT2D eigenvalue weighted by Gasteiger charge is 2.21. The molecule has 1 aromatic carbocycles. The number of piperidine rings is 1. The molecule has 1 unspecified atom stereocenters. The topological polar surface area (TPSA) is 59.0 Å². The van der Waals surface area contributed by atoms with Crippen LogP contribution in [0, 0.1) is 4.77 Å². The average Bonchev–Trinajstić information content (AvgIpc) is 2.75. The van der Waals surface area contributed by atoms with Crippen LogP contribution in [0.5, 0.6) is 5.75 Å². The summed E-state index contributed by atoms with van der Waals surface area (Å²) in [6.07, 6.45) is 1.35. The summed E-state index contributed by atoms with van der Waals surface area (Å²) in [5.41, 5.74) is 2.01. The summed E-state index contributed by atoms with van der Waals surface area (Å²) in [5, 5.41) is 2.89. The Morgan fingerprint density at radius 2 is 2.32 bits per heavy atom. The Morgan fingerprint density at radius 3 is 3.00 bits per heavy atom. The van der Waals surface area contributed by atoms with Crippen LogP contribution in [0.15, 0.2) is 18.2 Å². The number of carbonyl (C=O) groups is 1. The minimum Gasteiger partial charge on any atom is -0.497 e. The van der Waals surface area contributed by atoms with Gasteiger partial charge in [0.25, 0.3) is 0 Å². The third kappa shape index (κ3) is 2.12. The summed E-state index contributed by atoms with van der Waals surface area (Å²) in [5.74, 6) is 0.912. The van der Waals surface area contributed by atoms with E-state index < -0.39 is 0 Å². The quantitative estimate of drug-likeness (QED) is 0.827. The van der Waals surface area contributed by atoms with E-state index in [0.717, 1.165) is 23.2 Å². The fourth-order valence-electron chi connectivity index (χ4n) is 2.53. The van der Waals surface area contributed by atoms with Crippen LogP contribution < -0.4 is 10.1 Å². The van der Waals surface area contributed by atoms with E-state index in [1.807, 2.05) is 18.2 Å². The molecule has 0 bridgehead atoms.